The van der Waals surface area contributed by atoms with Crippen LogP contribution in [0, 0.1) is 5.82 Å². The van der Waals surface area contributed by atoms with Crippen LogP contribution in [-0.2, 0) is 11.3 Å². The number of benzene rings is 2. The fraction of sp³-hybridized carbons (Fsp3) is 0.133. The van der Waals surface area contributed by atoms with Crippen molar-refractivity contribution >= 4 is 23.3 Å². The first-order chi connectivity index (χ1) is 10.0. The molecule has 0 aliphatic heterocycles. The van der Waals surface area contributed by atoms with Crippen LogP contribution in [0.25, 0.3) is 0 Å². The molecule has 0 radical (unpaired) electrons. The maximum Gasteiger partial charge on any atom is 0.342 e. The standard InChI is InChI=1S/C15H13ClFNO3/c1-20-14-5-3-10(18)7-11(14)15(19)21-8-9-2-4-13(17)12(16)6-9/h2-7H,8,18H2,1H3. The van der Waals surface area contributed by atoms with Crippen molar-refractivity contribution in [1.29, 1.82) is 0 Å². The van der Waals surface area contributed by atoms with Crippen LogP contribution in [0.15, 0.2) is 36.4 Å². The summed E-state index contributed by atoms with van der Waals surface area (Å²) in [4.78, 5) is 12.0. The predicted octanol–water partition coefficient (Wildman–Crippen LogP) is 3.43. The molecule has 0 amide bonds. The van der Waals surface area contributed by atoms with Gasteiger partial charge in [-0.15, -0.1) is 0 Å². The van der Waals surface area contributed by atoms with Gasteiger partial charge in [-0.1, -0.05) is 17.7 Å². The monoisotopic (exact) mass is 309 g/mol. The Morgan fingerprint density at radius 1 is 1.29 bits per heavy atom. The van der Waals surface area contributed by atoms with Crippen molar-refractivity contribution < 1.29 is 18.7 Å². The average molecular weight is 310 g/mol. The van der Waals surface area contributed by atoms with Gasteiger partial charge < -0.3 is 15.2 Å². The quantitative estimate of drug-likeness (QED) is 0.694. The molecule has 0 aliphatic rings. The lowest BCUT2D eigenvalue weighted by Crippen LogP contribution is -2.08. The summed E-state index contributed by atoms with van der Waals surface area (Å²) < 4.78 is 23.3. The van der Waals surface area contributed by atoms with Gasteiger partial charge in [0.1, 0.15) is 23.7 Å². The minimum absolute atomic E-state index is 0.0231. The van der Waals surface area contributed by atoms with Crippen molar-refractivity contribution in [2.75, 3.05) is 12.8 Å². The van der Waals surface area contributed by atoms with Crippen molar-refractivity contribution in [3.8, 4) is 5.75 Å². The maximum atomic E-state index is 13.0. The Bertz CT molecular complexity index is 676. The summed E-state index contributed by atoms with van der Waals surface area (Å²) >= 11 is 5.66. The van der Waals surface area contributed by atoms with Gasteiger partial charge in [0.15, 0.2) is 0 Å². The number of halogens is 2. The SMILES string of the molecule is COc1ccc(N)cc1C(=O)OCc1ccc(F)c(Cl)c1. The highest BCUT2D eigenvalue weighted by Crippen LogP contribution is 2.23. The lowest BCUT2D eigenvalue weighted by molar-refractivity contribution is 0.0469. The second-order valence-electron chi connectivity index (χ2n) is 4.28. The Balaban J connectivity index is 2.11. The van der Waals surface area contributed by atoms with Crippen LogP contribution in [0.3, 0.4) is 0 Å². The van der Waals surface area contributed by atoms with Crippen LogP contribution in [0.1, 0.15) is 15.9 Å². The second kappa shape index (κ2) is 6.45. The van der Waals surface area contributed by atoms with E-state index in [0.717, 1.165) is 0 Å². The van der Waals surface area contributed by atoms with Crippen LogP contribution in [0.4, 0.5) is 10.1 Å². The van der Waals surface area contributed by atoms with Gasteiger partial charge in [-0.2, -0.15) is 0 Å². The largest absolute Gasteiger partial charge is 0.496 e. The molecule has 0 saturated carbocycles. The van der Waals surface area contributed by atoms with Crippen LogP contribution < -0.4 is 10.5 Å². The normalized spacial score (nSPS) is 10.2. The van der Waals surface area contributed by atoms with Crippen LogP contribution in [-0.4, -0.2) is 13.1 Å². The zero-order valence-electron chi connectivity index (χ0n) is 11.2. The summed E-state index contributed by atoms with van der Waals surface area (Å²) in [5.74, 6) is -0.741. The Kier molecular flexibility index (Phi) is 4.65. The lowest BCUT2D eigenvalue weighted by Gasteiger charge is -2.10. The number of anilines is 1. The smallest absolute Gasteiger partial charge is 0.342 e. The highest BCUT2D eigenvalue weighted by atomic mass is 35.5. The first-order valence-corrected chi connectivity index (χ1v) is 6.43. The van der Waals surface area contributed by atoms with Gasteiger partial charge in [-0.05, 0) is 35.9 Å². The molecule has 0 bridgehead atoms. The number of hydrogen-bond acceptors (Lipinski definition) is 4. The molecule has 0 fully saturated rings. The molecule has 6 heteroatoms. The highest BCUT2D eigenvalue weighted by Gasteiger charge is 2.14. The summed E-state index contributed by atoms with van der Waals surface area (Å²) in [6, 6.07) is 8.79. The van der Waals surface area contributed by atoms with Gasteiger partial charge in [0.2, 0.25) is 0 Å². The number of rotatable bonds is 4. The molecule has 0 saturated heterocycles. The van der Waals surface area contributed by atoms with E-state index in [4.69, 9.17) is 26.8 Å². The van der Waals surface area contributed by atoms with E-state index in [2.05, 4.69) is 0 Å². The average Bonchev–Trinajstić information content (AvgIpc) is 2.48. The minimum atomic E-state index is -0.584. The molecule has 4 nitrogen and oxygen atoms in total. The van der Waals surface area contributed by atoms with Crippen molar-refractivity contribution in [1.82, 2.24) is 0 Å². The van der Waals surface area contributed by atoms with Gasteiger partial charge in [0, 0.05) is 5.69 Å². The van der Waals surface area contributed by atoms with Crippen molar-refractivity contribution in [2.45, 2.75) is 6.61 Å². The fourth-order valence-electron chi connectivity index (χ4n) is 1.74. The zero-order chi connectivity index (χ0) is 15.4. The molecule has 2 aromatic rings. The Morgan fingerprint density at radius 3 is 2.71 bits per heavy atom. The molecule has 21 heavy (non-hydrogen) atoms. The number of ether oxygens (including phenoxy) is 2. The summed E-state index contributed by atoms with van der Waals surface area (Å²) in [7, 11) is 1.45. The zero-order valence-corrected chi connectivity index (χ0v) is 12.0. The van der Waals surface area contributed by atoms with E-state index in [1.807, 2.05) is 0 Å². The molecule has 2 aromatic carbocycles. The van der Waals surface area contributed by atoms with Crippen LogP contribution in [0.2, 0.25) is 5.02 Å². The van der Waals surface area contributed by atoms with Crippen molar-refractivity contribution in [2.24, 2.45) is 0 Å². The van der Waals surface area contributed by atoms with Gasteiger partial charge in [0.05, 0.1) is 12.1 Å². The summed E-state index contributed by atoms with van der Waals surface area (Å²) in [6.07, 6.45) is 0. The maximum absolute atomic E-state index is 13.0. The number of carbonyl (C=O) groups excluding carboxylic acids is 1. The van der Waals surface area contributed by atoms with E-state index < -0.39 is 11.8 Å². The van der Waals surface area contributed by atoms with Crippen molar-refractivity contribution in [3.63, 3.8) is 0 Å². The molecule has 0 unspecified atom stereocenters. The van der Waals surface area contributed by atoms with E-state index in [-0.39, 0.29) is 17.2 Å². The molecule has 0 atom stereocenters. The molecular formula is C15H13ClFNO3. The highest BCUT2D eigenvalue weighted by molar-refractivity contribution is 6.30. The molecule has 0 heterocycles. The number of nitrogen functional groups attached to an aromatic ring is 1. The van der Waals surface area contributed by atoms with E-state index in [0.29, 0.717) is 17.0 Å². The molecular weight excluding hydrogens is 297 g/mol. The Hall–Kier alpha value is -2.27. The number of esters is 1. The van der Waals surface area contributed by atoms with Crippen LogP contribution in [0.5, 0.6) is 5.75 Å². The molecule has 110 valence electrons. The van der Waals surface area contributed by atoms with Gasteiger partial charge in [0.25, 0.3) is 0 Å². The lowest BCUT2D eigenvalue weighted by atomic mass is 10.2. The molecule has 2 rings (SSSR count). The molecule has 0 spiro atoms. The van der Waals surface area contributed by atoms with E-state index in [1.54, 1.807) is 12.1 Å². The van der Waals surface area contributed by atoms with E-state index in [9.17, 15) is 9.18 Å². The third-order valence-corrected chi connectivity index (χ3v) is 3.09. The van der Waals surface area contributed by atoms with Crippen molar-refractivity contribution in [3.05, 3.63) is 58.4 Å². The first-order valence-electron chi connectivity index (χ1n) is 6.06. The van der Waals surface area contributed by atoms with Gasteiger partial charge in [-0.25, -0.2) is 9.18 Å². The number of hydrogen-bond donors (Lipinski definition) is 1. The summed E-state index contributed by atoms with van der Waals surface area (Å²) in [6.45, 7) is -0.0310. The third-order valence-electron chi connectivity index (χ3n) is 2.80. The first kappa shape index (κ1) is 15.1. The predicted molar refractivity (Wildman–Crippen MR) is 77.9 cm³/mol. The number of carbonyl (C=O) groups is 1. The van der Waals surface area contributed by atoms with Crippen LogP contribution >= 0.6 is 11.6 Å². The molecule has 0 aromatic heterocycles. The van der Waals surface area contributed by atoms with Gasteiger partial charge in [-0.3, -0.25) is 0 Å². The Labute approximate surface area is 126 Å². The number of nitrogens with two attached hydrogens (primary N) is 1. The summed E-state index contributed by atoms with van der Waals surface area (Å²) in [5, 5.41) is -0.0231. The van der Waals surface area contributed by atoms with E-state index >= 15 is 0 Å². The topological polar surface area (TPSA) is 61.5 Å². The van der Waals surface area contributed by atoms with Gasteiger partial charge >= 0.3 is 5.97 Å². The molecule has 0 aliphatic carbocycles. The fourth-order valence-corrected chi connectivity index (χ4v) is 1.94. The Morgan fingerprint density at radius 2 is 2.05 bits per heavy atom. The van der Waals surface area contributed by atoms with E-state index in [1.165, 1.54) is 31.4 Å². The third kappa shape index (κ3) is 3.64. The second-order valence-corrected chi connectivity index (χ2v) is 4.69. The summed E-state index contributed by atoms with van der Waals surface area (Å²) in [5.41, 5.74) is 6.87. The number of methoxy groups -OCH3 is 1. The molecule has 2 N–H and O–H groups in total. The minimum Gasteiger partial charge on any atom is -0.496 e.